The Bertz CT molecular complexity index is 1230. The SMILES string of the molecule is COc1ccc(CCN2CCN(C(=O)CCCn3cnc4cc(OC)c(OC)cc4c3=O)CC2)cc1. The molecule has 36 heavy (non-hydrogen) atoms. The first-order valence-corrected chi connectivity index (χ1v) is 12.3. The van der Waals surface area contributed by atoms with Gasteiger partial charge in [0.2, 0.25) is 5.91 Å². The lowest BCUT2D eigenvalue weighted by Crippen LogP contribution is -2.49. The van der Waals surface area contributed by atoms with E-state index < -0.39 is 0 Å². The molecule has 3 aromatic rings. The summed E-state index contributed by atoms with van der Waals surface area (Å²) in [5.41, 5.74) is 1.68. The molecule has 9 nitrogen and oxygen atoms in total. The van der Waals surface area contributed by atoms with Crippen molar-refractivity contribution in [3.63, 3.8) is 0 Å². The fourth-order valence-electron chi connectivity index (χ4n) is 4.50. The quantitative estimate of drug-likeness (QED) is 0.428. The molecule has 0 spiro atoms. The molecule has 0 atom stereocenters. The van der Waals surface area contributed by atoms with Crippen LogP contribution >= 0.6 is 0 Å². The van der Waals surface area contributed by atoms with Crippen molar-refractivity contribution in [1.29, 1.82) is 0 Å². The van der Waals surface area contributed by atoms with E-state index in [0.717, 1.165) is 44.9 Å². The van der Waals surface area contributed by atoms with Gasteiger partial charge in [-0.25, -0.2) is 4.98 Å². The van der Waals surface area contributed by atoms with Crippen LogP contribution in [0.25, 0.3) is 10.9 Å². The van der Waals surface area contributed by atoms with Crippen molar-refractivity contribution in [3.05, 3.63) is 58.6 Å². The first-order valence-electron chi connectivity index (χ1n) is 12.3. The Morgan fingerprint density at radius 1 is 0.917 bits per heavy atom. The zero-order chi connectivity index (χ0) is 25.5. The van der Waals surface area contributed by atoms with Gasteiger partial charge < -0.3 is 19.1 Å². The number of ether oxygens (including phenoxy) is 3. The number of carbonyl (C=O) groups excluding carboxylic acids is 1. The van der Waals surface area contributed by atoms with Gasteiger partial charge in [0.25, 0.3) is 5.56 Å². The normalized spacial score (nSPS) is 14.1. The molecule has 1 amide bonds. The molecule has 0 saturated carbocycles. The number of amides is 1. The number of aromatic nitrogens is 2. The third-order valence-electron chi connectivity index (χ3n) is 6.72. The van der Waals surface area contributed by atoms with Crippen molar-refractivity contribution in [1.82, 2.24) is 19.4 Å². The molecule has 2 aromatic carbocycles. The lowest BCUT2D eigenvalue weighted by molar-refractivity contribution is -0.133. The van der Waals surface area contributed by atoms with E-state index in [4.69, 9.17) is 14.2 Å². The van der Waals surface area contributed by atoms with Gasteiger partial charge in [-0.3, -0.25) is 19.1 Å². The molecular formula is C27H34N4O5. The highest BCUT2D eigenvalue weighted by atomic mass is 16.5. The first kappa shape index (κ1) is 25.5. The van der Waals surface area contributed by atoms with Crippen LogP contribution in [0.5, 0.6) is 17.2 Å². The maximum absolute atomic E-state index is 12.9. The number of hydrogen-bond donors (Lipinski definition) is 0. The number of hydrogen-bond acceptors (Lipinski definition) is 7. The summed E-state index contributed by atoms with van der Waals surface area (Å²) in [7, 11) is 4.75. The van der Waals surface area contributed by atoms with Crippen LogP contribution < -0.4 is 19.8 Å². The standard InChI is InChI=1S/C27H34N4O5/c1-34-21-8-6-20(7-9-21)10-12-29-13-15-30(16-14-29)26(32)5-4-11-31-19-28-23-18-25(36-3)24(35-2)17-22(23)27(31)33/h6-9,17-19H,4-5,10-16H2,1-3H3. The Morgan fingerprint density at radius 3 is 2.28 bits per heavy atom. The lowest BCUT2D eigenvalue weighted by atomic mass is 10.1. The van der Waals surface area contributed by atoms with Gasteiger partial charge >= 0.3 is 0 Å². The van der Waals surface area contributed by atoms with E-state index in [-0.39, 0.29) is 11.5 Å². The Morgan fingerprint density at radius 2 is 1.61 bits per heavy atom. The minimum Gasteiger partial charge on any atom is -0.497 e. The fourth-order valence-corrected chi connectivity index (χ4v) is 4.50. The summed E-state index contributed by atoms with van der Waals surface area (Å²) in [6.45, 7) is 4.64. The van der Waals surface area contributed by atoms with E-state index in [0.29, 0.717) is 41.8 Å². The van der Waals surface area contributed by atoms with Gasteiger partial charge in [0.15, 0.2) is 11.5 Å². The molecule has 1 aliphatic heterocycles. The zero-order valence-electron chi connectivity index (χ0n) is 21.2. The smallest absolute Gasteiger partial charge is 0.261 e. The highest BCUT2D eigenvalue weighted by Gasteiger charge is 2.20. The summed E-state index contributed by atoms with van der Waals surface area (Å²) in [4.78, 5) is 34.4. The highest BCUT2D eigenvalue weighted by molar-refractivity contribution is 5.81. The molecule has 0 N–H and O–H groups in total. The molecule has 0 radical (unpaired) electrons. The first-order chi connectivity index (χ1) is 17.5. The van der Waals surface area contributed by atoms with Crippen molar-refractivity contribution < 1.29 is 19.0 Å². The monoisotopic (exact) mass is 494 g/mol. The summed E-state index contributed by atoms with van der Waals surface area (Å²) < 4.78 is 17.4. The summed E-state index contributed by atoms with van der Waals surface area (Å²) in [6.07, 6.45) is 3.49. The van der Waals surface area contributed by atoms with Crippen LogP contribution in [0.1, 0.15) is 18.4 Å². The van der Waals surface area contributed by atoms with Crippen LogP contribution in [0.15, 0.2) is 47.5 Å². The topological polar surface area (TPSA) is 86.1 Å². The van der Waals surface area contributed by atoms with Crippen LogP contribution in [0.4, 0.5) is 0 Å². The molecule has 192 valence electrons. The summed E-state index contributed by atoms with van der Waals surface area (Å²) >= 11 is 0. The predicted molar refractivity (Wildman–Crippen MR) is 138 cm³/mol. The number of aryl methyl sites for hydroxylation is 1. The van der Waals surface area contributed by atoms with E-state index in [1.54, 1.807) is 30.9 Å². The minimum atomic E-state index is -0.154. The molecule has 0 unspecified atom stereocenters. The number of methoxy groups -OCH3 is 3. The van der Waals surface area contributed by atoms with Crippen LogP contribution in [0.2, 0.25) is 0 Å². The average Bonchev–Trinajstić information content (AvgIpc) is 2.93. The summed E-state index contributed by atoms with van der Waals surface area (Å²) in [5, 5.41) is 0.465. The molecule has 1 aromatic heterocycles. The van der Waals surface area contributed by atoms with E-state index in [1.807, 2.05) is 17.0 Å². The Kier molecular flexibility index (Phi) is 8.43. The molecule has 1 fully saturated rings. The number of carbonyl (C=O) groups is 1. The average molecular weight is 495 g/mol. The van der Waals surface area contributed by atoms with Crippen LogP contribution in [-0.2, 0) is 17.8 Å². The van der Waals surface area contributed by atoms with Crippen LogP contribution in [0, 0.1) is 0 Å². The second-order valence-corrected chi connectivity index (χ2v) is 8.89. The van der Waals surface area contributed by atoms with Crippen molar-refractivity contribution in [2.45, 2.75) is 25.8 Å². The number of rotatable bonds is 10. The maximum atomic E-state index is 12.9. The predicted octanol–water partition coefficient (Wildman–Crippen LogP) is 2.59. The molecule has 1 aliphatic rings. The van der Waals surface area contributed by atoms with Crippen LogP contribution in [0.3, 0.4) is 0 Å². The van der Waals surface area contributed by atoms with Crippen LogP contribution in [-0.4, -0.2) is 79.3 Å². The zero-order valence-corrected chi connectivity index (χ0v) is 21.2. The molecule has 2 heterocycles. The Hall–Kier alpha value is -3.59. The van der Waals surface area contributed by atoms with Gasteiger partial charge in [-0.2, -0.15) is 0 Å². The van der Waals surface area contributed by atoms with E-state index >= 15 is 0 Å². The van der Waals surface area contributed by atoms with E-state index in [1.165, 1.54) is 19.0 Å². The van der Waals surface area contributed by atoms with Gasteiger partial charge in [0, 0.05) is 51.8 Å². The Balaban J connectivity index is 1.24. The van der Waals surface area contributed by atoms with E-state index in [9.17, 15) is 9.59 Å². The second kappa shape index (κ2) is 11.9. The lowest BCUT2D eigenvalue weighted by Gasteiger charge is -2.34. The molecule has 0 bridgehead atoms. The third kappa shape index (κ3) is 5.96. The van der Waals surface area contributed by atoms with Crippen molar-refractivity contribution in [3.8, 4) is 17.2 Å². The third-order valence-corrected chi connectivity index (χ3v) is 6.72. The molecule has 9 heteroatoms. The summed E-state index contributed by atoms with van der Waals surface area (Å²) in [6, 6.07) is 11.5. The van der Waals surface area contributed by atoms with Gasteiger partial charge in [0.05, 0.1) is 38.6 Å². The minimum absolute atomic E-state index is 0.137. The largest absolute Gasteiger partial charge is 0.497 e. The molecule has 0 aliphatic carbocycles. The molecular weight excluding hydrogens is 460 g/mol. The fraction of sp³-hybridized carbons (Fsp3) is 0.444. The number of nitrogens with zero attached hydrogens (tertiary/aromatic N) is 4. The molecule has 4 rings (SSSR count). The number of benzene rings is 2. The summed E-state index contributed by atoms with van der Waals surface area (Å²) in [5.74, 6) is 2.02. The van der Waals surface area contributed by atoms with Gasteiger partial charge in [-0.05, 0) is 36.6 Å². The Labute approximate surface area is 211 Å². The van der Waals surface area contributed by atoms with Gasteiger partial charge in [-0.1, -0.05) is 12.1 Å². The van der Waals surface area contributed by atoms with Crippen molar-refractivity contribution in [2.75, 3.05) is 54.1 Å². The maximum Gasteiger partial charge on any atom is 0.261 e. The second-order valence-electron chi connectivity index (χ2n) is 8.89. The van der Waals surface area contributed by atoms with Crippen molar-refractivity contribution >= 4 is 16.8 Å². The molecule has 1 saturated heterocycles. The number of fused-ring (bicyclic) bond motifs is 1. The van der Waals surface area contributed by atoms with E-state index in [2.05, 4.69) is 22.0 Å². The highest BCUT2D eigenvalue weighted by Crippen LogP contribution is 2.29. The van der Waals surface area contributed by atoms with Gasteiger partial charge in [0.1, 0.15) is 5.75 Å². The van der Waals surface area contributed by atoms with Gasteiger partial charge in [-0.15, -0.1) is 0 Å². The van der Waals surface area contributed by atoms with Crippen molar-refractivity contribution in [2.24, 2.45) is 0 Å². The number of piperazine rings is 1.